The van der Waals surface area contributed by atoms with Gasteiger partial charge in [-0.15, -0.1) is 0 Å². The number of aromatic amines is 1. The van der Waals surface area contributed by atoms with Gasteiger partial charge in [-0.05, 0) is 55.2 Å². The van der Waals surface area contributed by atoms with Crippen molar-refractivity contribution in [3.05, 3.63) is 59.5 Å². The Labute approximate surface area is 140 Å². The molecule has 1 aliphatic rings. The summed E-state index contributed by atoms with van der Waals surface area (Å²) in [4.78, 5) is 19.9. The average molecular weight is 321 g/mol. The van der Waals surface area contributed by atoms with Gasteiger partial charge in [0.1, 0.15) is 5.75 Å². The molecule has 1 atom stereocenters. The van der Waals surface area contributed by atoms with Crippen molar-refractivity contribution in [1.82, 2.24) is 15.3 Å². The molecular weight excluding hydrogens is 302 g/mol. The summed E-state index contributed by atoms with van der Waals surface area (Å²) in [5.74, 6) is 0.790. The first-order chi connectivity index (χ1) is 11.8. The lowest BCUT2D eigenvalue weighted by Gasteiger charge is -2.23. The van der Waals surface area contributed by atoms with E-state index >= 15 is 0 Å². The SMILES string of the molecule is COc1ccc2[nH]c3c(c2c1)CCC[C@@H]3NC(=O)c1ccncc1. The highest BCUT2D eigenvalue weighted by Crippen LogP contribution is 2.36. The second-order valence-corrected chi connectivity index (χ2v) is 6.08. The number of nitrogens with zero attached hydrogens (tertiary/aromatic N) is 1. The van der Waals surface area contributed by atoms with Crippen LogP contribution in [0.2, 0.25) is 0 Å². The van der Waals surface area contributed by atoms with Crippen LogP contribution < -0.4 is 10.1 Å². The van der Waals surface area contributed by atoms with E-state index in [0.717, 1.165) is 36.2 Å². The first-order valence-corrected chi connectivity index (χ1v) is 8.15. The number of H-pyrrole nitrogens is 1. The third kappa shape index (κ3) is 2.52. The second kappa shape index (κ2) is 6.00. The second-order valence-electron chi connectivity index (χ2n) is 6.08. The highest BCUT2D eigenvalue weighted by Gasteiger charge is 2.26. The van der Waals surface area contributed by atoms with E-state index in [-0.39, 0.29) is 11.9 Å². The third-order valence-electron chi connectivity index (χ3n) is 4.66. The summed E-state index contributed by atoms with van der Waals surface area (Å²) in [6.07, 6.45) is 6.28. The lowest BCUT2D eigenvalue weighted by molar-refractivity contribution is 0.0932. The van der Waals surface area contributed by atoms with Gasteiger partial charge in [-0.3, -0.25) is 9.78 Å². The number of nitrogens with one attached hydrogen (secondary N) is 2. The smallest absolute Gasteiger partial charge is 0.251 e. The Morgan fingerprint density at radius 2 is 2.12 bits per heavy atom. The van der Waals surface area contributed by atoms with Crippen molar-refractivity contribution in [2.75, 3.05) is 7.11 Å². The van der Waals surface area contributed by atoms with E-state index in [1.165, 1.54) is 10.9 Å². The number of pyridine rings is 1. The molecular formula is C19H19N3O2. The minimum absolute atomic E-state index is 0.00723. The van der Waals surface area contributed by atoms with Gasteiger partial charge in [-0.2, -0.15) is 0 Å². The van der Waals surface area contributed by atoms with Crippen molar-refractivity contribution < 1.29 is 9.53 Å². The van der Waals surface area contributed by atoms with Crippen LogP contribution in [0.15, 0.2) is 42.7 Å². The molecule has 24 heavy (non-hydrogen) atoms. The quantitative estimate of drug-likeness (QED) is 0.777. The van der Waals surface area contributed by atoms with Crippen molar-refractivity contribution in [1.29, 1.82) is 0 Å². The molecule has 0 aliphatic heterocycles. The largest absolute Gasteiger partial charge is 0.497 e. The highest BCUT2D eigenvalue weighted by molar-refractivity contribution is 5.94. The van der Waals surface area contributed by atoms with Crippen LogP contribution >= 0.6 is 0 Å². The molecule has 122 valence electrons. The van der Waals surface area contributed by atoms with Gasteiger partial charge < -0.3 is 15.0 Å². The van der Waals surface area contributed by atoms with Crippen LogP contribution in [0.5, 0.6) is 5.75 Å². The predicted octanol–water partition coefficient (Wildman–Crippen LogP) is 3.38. The summed E-state index contributed by atoms with van der Waals surface area (Å²) in [7, 11) is 1.68. The van der Waals surface area contributed by atoms with Gasteiger partial charge in [0.25, 0.3) is 5.91 Å². The van der Waals surface area contributed by atoms with Gasteiger partial charge in [-0.25, -0.2) is 0 Å². The first kappa shape index (κ1) is 14.8. The summed E-state index contributed by atoms with van der Waals surface area (Å²) in [6.45, 7) is 0. The lowest BCUT2D eigenvalue weighted by atomic mass is 9.91. The fraction of sp³-hybridized carbons (Fsp3) is 0.263. The summed E-state index contributed by atoms with van der Waals surface area (Å²) in [5.41, 5.74) is 4.13. The van der Waals surface area contributed by atoms with Crippen LogP contribution in [-0.4, -0.2) is 23.0 Å². The molecule has 1 aliphatic carbocycles. The van der Waals surface area contributed by atoms with Crippen LogP contribution in [0.1, 0.15) is 40.5 Å². The highest BCUT2D eigenvalue weighted by atomic mass is 16.5. The zero-order valence-electron chi connectivity index (χ0n) is 13.5. The topological polar surface area (TPSA) is 67.0 Å². The Bertz CT molecular complexity index is 886. The number of carbonyl (C=O) groups excluding carboxylic acids is 1. The number of amides is 1. The van der Waals surface area contributed by atoms with Gasteiger partial charge in [0, 0.05) is 34.6 Å². The molecule has 3 aromatic rings. The maximum atomic E-state index is 12.5. The van der Waals surface area contributed by atoms with Gasteiger partial charge in [0.15, 0.2) is 0 Å². The maximum Gasteiger partial charge on any atom is 0.251 e. The first-order valence-electron chi connectivity index (χ1n) is 8.15. The number of methoxy groups -OCH3 is 1. The summed E-state index contributed by atoms with van der Waals surface area (Å²) in [5, 5.41) is 4.34. The molecule has 5 heteroatoms. The number of hydrogen-bond donors (Lipinski definition) is 2. The van der Waals surface area contributed by atoms with Crippen LogP contribution in [0.25, 0.3) is 10.9 Å². The maximum absolute atomic E-state index is 12.5. The Morgan fingerprint density at radius 1 is 1.29 bits per heavy atom. The van der Waals surface area contributed by atoms with Gasteiger partial charge in [0.05, 0.1) is 13.2 Å². The molecule has 2 N–H and O–H groups in total. The number of ether oxygens (including phenoxy) is 1. The molecule has 1 aromatic carbocycles. The molecule has 0 bridgehead atoms. The zero-order valence-corrected chi connectivity index (χ0v) is 13.5. The van der Waals surface area contributed by atoms with Crippen LogP contribution in [0.4, 0.5) is 0 Å². The standard InChI is InChI=1S/C19H19N3O2/c1-24-13-5-6-16-15(11-13)14-3-2-4-17(18(14)21-16)22-19(23)12-7-9-20-10-8-12/h5-11,17,21H,2-4H2,1H3,(H,22,23)/t17-/m0/s1. The predicted molar refractivity (Wildman–Crippen MR) is 92.2 cm³/mol. The number of fused-ring (bicyclic) bond motifs is 3. The molecule has 0 unspecified atom stereocenters. The molecule has 5 nitrogen and oxygen atoms in total. The zero-order chi connectivity index (χ0) is 16.5. The number of rotatable bonds is 3. The van der Waals surface area contributed by atoms with E-state index in [4.69, 9.17) is 4.74 Å². The van der Waals surface area contributed by atoms with Gasteiger partial charge in [-0.1, -0.05) is 0 Å². The van der Waals surface area contributed by atoms with E-state index in [9.17, 15) is 4.79 Å². The number of aromatic nitrogens is 2. The molecule has 1 amide bonds. The van der Waals surface area contributed by atoms with E-state index in [0.29, 0.717) is 5.56 Å². The molecule has 0 saturated heterocycles. The van der Waals surface area contributed by atoms with E-state index in [1.807, 2.05) is 12.1 Å². The Hall–Kier alpha value is -2.82. The van der Waals surface area contributed by atoms with Crippen molar-refractivity contribution in [2.24, 2.45) is 0 Å². The fourth-order valence-electron chi connectivity index (χ4n) is 3.46. The Kier molecular flexibility index (Phi) is 3.69. The Balaban J connectivity index is 1.67. The molecule has 0 spiro atoms. The van der Waals surface area contributed by atoms with Gasteiger partial charge >= 0.3 is 0 Å². The number of hydrogen-bond acceptors (Lipinski definition) is 3. The molecule has 4 rings (SSSR count). The summed E-state index contributed by atoms with van der Waals surface area (Å²) >= 11 is 0. The number of aryl methyl sites for hydroxylation is 1. The lowest BCUT2D eigenvalue weighted by Crippen LogP contribution is -2.31. The number of carbonyl (C=O) groups is 1. The molecule has 0 saturated carbocycles. The van der Waals surface area contributed by atoms with Crippen molar-refractivity contribution in [3.63, 3.8) is 0 Å². The monoisotopic (exact) mass is 321 g/mol. The van der Waals surface area contributed by atoms with Crippen LogP contribution in [0, 0.1) is 0 Å². The van der Waals surface area contributed by atoms with E-state index in [2.05, 4.69) is 21.4 Å². The summed E-state index contributed by atoms with van der Waals surface area (Å²) < 4.78 is 5.34. The van der Waals surface area contributed by atoms with Crippen LogP contribution in [0.3, 0.4) is 0 Å². The molecule has 2 aromatic heterocycles. The number of benzene rings is 1. The van der Waals surface area contributed by atoms with Crippen molar-refractivity contribution >= 4 is 16.8 Å². The third-order valence-corrected chi connectivity index (χ3v) is 4.66. The minimum Gasteiger partial charge on any atom is -0.497 e. The van der Waals surface area contributed by atoms with E-state index in [1.54, 1.807) is 31.6 Å². The average Bonchev–Trinajstić information content (AvgIpc) is 3.01. The van der Waals surface area contributed by atoms with E-state index < -0.39 is 0 Å². The minimum atomic E-state index is -0.0634. The van der Waals surface area contributed by atoms with Crippen molar-refractivity contribution in [2.45, 2.75) is 25.3 Å². The Morgan fingerprint density at radius 3 is 2.92 bits per heavy atom. The molecule has 0 fully saturated rings. The normalized spacial score (nSPS) is 16.6. The van der Waals surface area contributed by atoms with Crippen LogP contribution in [-0.2, 0) is 6.42 Å². The molecule has 0 radical (unpaired) electrons. The summed E-state index contributed by atoms with van der Waals surface area (Å²) in [6, 6.07) is 9.53. The van der Waals surface area contributed by atoms with Gasteiger partial charge in [0.2, 0.25) is 0 Å². The van der Waals surface area contributed by atoms with Crippen molar-refractivity contribution in [3.8, 4) is 5.75 Å². The molecule has 2 heterocycles. The fourth-order valence-corrected chi connectivity index (χ4v) is 3.46.